The summed E-state index contributed by atoms with van der Waals surface area (Å²) in [7, 11) is -3.67. The molecular formula is C9H13ClN2O2S. The molecule has 0 amide bonds. The van der Waals surface area contributed by atoms with Gasteiger partial charge in [0.25, 0.3) is 0 Å². The zero-order chi connectivity index (χ0) is 11.5. The minimum atomic E-state index is -3.67. The van der Waals surface area contributed by atoms with E-state index in [4.69, 9.17) is 16.7 Å². The van der Waals surface area contributed by atoms with Crippen molar-refractivity contribution in [2.24, 2.45) is 5.14 Å². The second-order valence-corrected chi connectivity index (χ2v) is 5.08. The van der Waals surface area contributed by atoms with Crippen molar-refractivity contribution in [1.29, 1.82) is 0 Å². The minimum Gasteiger partial charge on any atom is -0.384 e. The van der Waals surface area contributed by atoms with Gasteiger partial charge < -0.3 is 5.32 Å². The number of halogens is 1. The standard InChI is InChI=1S/C9H13ClN2O2S/c1-2-5-12-9-6-7(15(11,13)14)3-4-8(9)10/h3-4,6,12H,2,5H2,1H3,(H2,11,13,14). The number of nitrogens with two attached hydrogens (primary N) is 1. The van der Waals surface area contributed by atoms with E-state index in [-0.39, 0.29) is 4.90 Å². The van der Waals surface area contributed by atoms with Crippen molar-refractivity contribution in [2.75, 3.05) is 11.9 Å². The Morgan fingerprint density at radius 1 is 1.47 bits per heavy atom. The smallest absolute Gasteiger partial charge is 0.238 e. The van der Waals surface area contributed by atoms with Crippen LogP contribution in [0.5, 0.6) is 0 Å². The third kappa shape index (κ3) is 3.37. The first-order valence-electron chi connectivity index (χ1n) is 4.51. The van der Waals surface area contributed by atoms with Crippen LogP contribution in [-0.2, 0) is 10.0 Å². The third-order valence-corrected chi connectivity index (χ3v) is 3.07. The van der Waals surface area contributed by atoms with E-state index in [0.717, 1.165) is 13.0 Å². The molecule has 84 valence electrons. The molecule has 15 heavy (non-hydrogen) atoms. The van der Waals surface area contributed by atoms with Crippen molar-refractivity contribution in [2.45, 2.75) is 18.2 Å². The first-order chi connectivity index (χ1) is 6.95. The Morgan fingerprint density at radius 2 is 2.13 bits per heavy atom. The fourth-order valence-corrected chi connectivity index (χ4v) is 1.80. The van der Waals surface area contributed by atoms with Crippen LogP contribution in [0, 0.1) is 0 Å². The summed E-state index contributed by atoms with van der Waals surface area (Å²) in [6.07, 6.45) is 0.927. The number of rotatable bonds is 4. The van der Waals surface area contributed by atoms with Crippen molar-refractivity contribution < 1.29 is 8.42 Å². The van der Waals surface area contributed by atoms with Gasteiger partial charge in [0.15, 0.2) is 0 Å². The molecule has 0 bridgehead atoms. The maximum atomic E-state index is 11.1. The van der Waals surface area contributed by atoms with Crippen LogP contribution in [0.4, 0.5) is 5.69 Å². The normalized spacial score (nSPS) is 11.4. The number of hydrogen-bond donors (Lipinski definition) is 2. The van der Waals surface area contributed by atoms with E-state index in [1.807, 2.05) is 6.92 Å². The summed E-state index contributed by atoms with van der Waals surface area (Å²) >= 11 is 5.88. The number of primary sulfonamides is 1. The maximum absolute atomic E-state index is 11.1. The molecular weight excluding hydrogens is 236 g/mol. The molecule has 0 aliphatic rings. The molecule has 0 heterocycles. The highest BCUT2D eigenvalue weighted by Gasteiger charge is 2.10. The van der Waals surface area contributed by atoms with Crippen molar-refractivity contribution in [3.63, 3.8) is 0 Å². The molecule has 0 aromatic heterocycles. The van der Waals surface area contributed by atoms with Crippen molar-refractivity contribution in [3.8, 4) is 0 Å². The van der Waals surface area contributed by atoms with E-state index in [9.17, 15) is 8.42 Å². The average molecular weight is 249 g/mol. The molecule has 4 nitrogen and oxygen atoms in total. The second-order valence-electron chi connectivity index (χ2n) is 3.11. The number of benzene rings is 1. The molecule has 0 atom stereocenters. The van der Waals surface area contributed by atoms with E-state index >= 15 is 0 Å². The molecule has 3 N–H and O–H groups in total. The van der Waals surface area contributed by atoms with Gasteiger partial charge in [-0.05, 0) is 24.6 Å². The van der Waals surface area contributed by atoms with Crippen LogP contribution in [0.3, 0.4) is 0 Å². The monoisotopic (exact) mass is 248 g/mol. The third-order valence-electron chi connectivity index (χ3n) is 1.83. The van der Waals surface area contributed by atoms with E-state index < -0.39 is 10.0 Å². The molecule has 0 aliphatic heterocycles. The fraction of sp³-hybridized carbons (Fsp3) is 0.333. The summed E-state index contributed by atoms with van der Waals surface area (Å²) in [5.74, 6) is 0. The van der Waals surface area contributed by atoms with Crippen LogP contribution in [-0.4, -0.2) is 15.0 Å². The van der Waals surface area contributed by atoms with Gasteiger partial charge in [-0.25, -0.2) is 13.6 Å². The lowest BCUT2D eigenvalue weighted by atomic mass is 10.3. The van der Waals surface area contributed by atoms with E-state index in [2.05, 4.69) is 5.32 Å². The SMILES string of the molecule is CCCNc1cc(S(N)(=O)=O)ccc1Cl. The van der Waals surface area contributed by atoms with Crippen LogP contribution < -0.4 is 10.5 Å². The first kappa shape index (κ1) is 12.3. The predicted octanol–water partition coefficient (Wildman–Crippen LogP) is 1.81. The summed E-state index contributed by atoms with van der Waals surface area (Å²) in [5, 5.41) is 8.51. The van der Waals surface area contributed by atoms with Gasteiger partial charge in [-0.1, -0.05) is 18.5 Å². The molecule has 0 unspecified atom stereocenters. The second kappa shape index (κ2) is 4.83. The van der Waals surface area contributed by atoms with Crippen molar-refractivity contribution in [1.82, 2.24) is 0 Å². The quantitative estimate of drug-likeness (QED) is 0.854. The number of anilines is 1. The van der Waals surface area contributed by atoms with E-state index in [1.165, 1.54) is 18.2 Å². The zero-order valence-electron chi connectivity index (χ0n) is 8.33. The Bertz CT molecular complexity index is 445. The summed E-state index contributed by atoms with van der Waals surface area (Å²) in [5.41, 5.74) is 0.588. The van der Waals surface area contributed by atoms with Gasteiger partial charge in [0.1, 0.15) is 0 Å². The van der Waals surface area contributed by atoms with Crippen LogP contribution in [0.25, 0.3) is 0 Å². The van der Waals surface area contributed by atoms with Gasteiger partial charge in [-0.2, -0.15) is 0 Å². The molecule has 6 heteroatoms. The van der Waals surface area contributed by atoms with Gasteiger partial charge in [0.2, 0.25) is 10.0 Å². The molecule has 1 aromatic carbocycles. The Morgan fingerprint density at radius 3 is 2.67 bits per heavy atom. The molecule has 0 aliphatic carbocycles. The minimum absolute atomic E-state index is 0.0607. The molecule has 0 saturated heterocycles. The lowest BCUT2D eigenvalue weighted by Gasteiger charge is -2.08. The molecule has 0 spiro atoms. The lowest BCUT2D eigenvalue weighted by Crippen LogP contribution is -2.12. The first-order valence-corrected chi connectivity index (χ1v) is 6.44. The largest absolute Gasteiger partial charge is 0.384 e. The molecule has 0 radical (unpaired) electrons. The summed E-state index contributed by atoms with van der Waals surface area (Å²) in [6.45, 7) is 2.73. The molecule has 0 fully saturated rings. The van der Waals surface area contributed by atoms with Crippen LogP contribution in [0.2, 0.25) is 5.02 Å². The summed E-state index contributed by atoms with van der Waals surface area (Å²) < 4.78 is 22.2. The molecule has 1 aromatic rings. The highest BCUT2D eigenvalue weighted by Crippen LogP contribution is 2.24. The fourth-order valence-electron chi connectivity index (χ4n) is 1.08. The number of sulfonamides is 1. The Balaban J connectivity index is 3.06. The van der Waals surface area contributed by atoms with Gasteiger partial charge in [0, 0.05) is 6.54 Å². The van der Waals surface area contributed by atoms with E-state index in [0.29, 0.717) is 10.7 Å². The Labute approximate surface area is 94.5 Å². The Hall–Kier alpha value is -0.780. The molecule has 0 saturated carbocycles. The highest BCUT2D eigenvalue weighted by atomic mass is 35.5. The van der Waals surface area contributed by atoms with Gasteiger partial charge in [-0.3, -0.25) is 0 Å². The Kier molecular flexibility index (Phi) is 3.96. The number of hydrogen-bond acceptors (Lipinski definition) is 3. The van der Waals surface area contributed by atoms with Gasteiger partial charge >= 0.3 is 0 Å². The average Bonchev–Trinajstić information content (AvgIpc) is 2.15. The van der Waals surface area contributed by atoms with Crippen LogP contribution in [0.15, 0.2) is 23.1 Å². The van der Waals surface area contributed by atoms with Crippen molar-refractivity contribution >= 4 is 27.3 Å². The maximum Gasteiger partial charge on any atom is 0.238 e. The zero-order valence-corrected chi connectivity index (χ0v) is 9.90. The van der Waals surface area contributed by atoms with E-state index in [1.54, 1.807) is 0 Å². The topological polar surface area (TPSA) is 72.2 Å². The number of nitrogens with one attached hydrogen (secondary N) is 1. The highest BCUT2D eigenvalue weighted by molar-refractivity contribution is 7.89. The van der Waals surface area contributed by atoms with Crippen LogP contribution >= 0.6 is 11.6 Å². The van der Waals surface area contributed by atoms with Gasteiger partial charge in [0.05, 0.1) is 15.6 Å². The molecule has 1 rings (SSSR count). The summed E-state index contributed by atoms with van der Waals surface area (Å²) in [6, 6.07) is 4.33. The predicted molar refractivity (Wildman–Crippen MR) is 61.6 cm³/mol. The van der Waals surface area contributed by atoms with Crippen LogP contribution in [0.1, 0.15) is 13.3 Å². The lowest BCUT2D eigenvalue weighted by molar-refractivity contribution is 0.598. The van der Waals surface area contributed by atoms with Gasteiger partial charge in [-0.15, -0.1) is 0 Å². The summed E-state index contributed by atoms with van der Waals surface area (Å²) in [4.78, 5) is 0.0607. The van der Waals surface area contributed by atoms with Crippen molar-refractivity contribution in [3.05, 3.63) is 23.2 Å².